The standard InChI is InChI=1S/C13H11F3N2O2/c1-19-8-5-6-9(17)10(7-8)20-12-4-2-3-11(18-12)13(14,15)16/h2-7H,17H2,1H3. The number of aromatic nitrogens is 1. The van der Waals surface area contributed by atoms with Crippen molar-refractivity contribution in [2.75, 3.05) is 12.8 Å². The van der Waals surface area contributed by atoms with Crippen molar-refractivity contribution in [3.05, 3.63) is 42.1 Å². The maximum Gasteiger partial charge on any atom is 0.433 e. The topological polar surface area (TPSA) is 57.4 Å². The van der Waals surface area contributed by atoms with Crippen LogP contribution in [-0.2, 0) is 6.18 Å². The summed E-state index contributed by atoms with van der Waals surface area (Å²) < 4.78 is 47.9. The Bertz CT molecular complexity index is 615. The fourth-order valence-corrected chi connectivity index (χ4v) is 1.47. The number of methoxy groups -OCH3 is 1. The molecule has 0 atom stereocenters. The minimum absolute atomic E-state index is 0.177. The normalized spacial score (nSPS) is 11.2. The van der Waals surface area contributed by atoms with Crippen LogP contribution in [0.25, 0.3) is 0 Å². The van der Waals surface area contributed by atoms with Crippen molar-refractivity contribution in [1.82, 2.24) is 4.98 Å². The van der Waals surface area contributed by atoms with E-state index in [9.17, 15) is 13.2 Å². The minimum Gasteiger partial charge on any atom is -0.497 e. The van der Waals surface area contributed by atoms with Crippen molar-refractivity contribution in [1.29, 1.82) is 0 Å². The van der Waals surface area contributed by atoms with E-state index in [0.717, 1.165) is 6.07 Å². The Labute approximate surface area is 113 Å². The van der Waals surface area contributed by atoms with Gasteiger partial charge < -0.3 is 15.2 Å². The second-order valence-corrected chi connectivity index (χ2v) is 3.86. The van der Waals surface area contributed by atoms with Crippen LogP contribution >= 0.6 is 0 Å². The molecule has 0 saturated carbocycles. The Hall–Kier alpha value is -2.44. The number of nitrogens with two attached hydrogens (primary N) is 1. The lowest BCUT2D eigenvalue weighted by atomic mass is 10.3. The third-order valence-corrected chi connectivity index (χ3v) is 2.45. The number of pyridine rings is 1. The second-order valence-electron chi connectivity index (χ2n) is 3.86. The number of alkyl halides is 3. The first kappa shape index (κ1) is 14.0. The quantitative estimate of drug-likeness (QED) is 0.877. The van der Waals surface area contributed by atoms with Gasteiger partial charge in [-0.25, -0.2) is 4.98 Å². The van der Waals surface area contributed by atoms with E-state index in [0.29, 0.717) is 5.75 Å². The molecule has 0 saturated heterocycles. The van der Waals surface area contributed by atoms with Gasteiger partial charge in [0, 0.05) is 12.1 Å². The smallest absolute Gasteiger partial charge is 0.433 e. The number of benzene rings is 1. The minimum atomic E-state index is -4.53. The molecule has 0 aliphatic carbocycles. The molecule has 4 nitrogen and oxygen atoms in total. The van der Waals surface area contributed by atoms with Crippen LogP contribution in [0.3, 0.4) is 0 Å². The van der Waals surface area contributed by atoms with E-state index in [1.807, 2.05) is 0 Å². The zero-order valence-electron chi connectivity index (χ0n) is 10.4. The van der Waals surface area contributed by atoms with Gasteiger partial charge in [-0.3, -0.25) is 0 Å². The molecular formula is C13H11F3N2O2. The van der Waals surface area contributed by atoms with E-state index < -0.39 is 11.9 Å². The Morgan fingerprint density at radius 1 is 1.15 bits per heavy atom. The van der Waals surface area contributed by atoms with E-state index in [4.69, 9.17) is 15.2 Å². The number of nitrogens with zero attached hydrogens (tertiary/aromatic N) is 1. The lowest BCUT2D eigenvalue weighted by molar-refractivity contribution is -0.141. The van der Waals surface area contributed by atoms with Gasteiger partial charge in [0.1, 0.15) is 11.4 Å². The highest BCUT2D eigenvalue weighted by Crippen LogP contribution is 2.32. The second kappa shape index (κ2) is 5.28. The zero-order valence-corrected chi connectivity index (χ0v) is 10.4. The predicted molar refractivity (Wildman–Crippen MR) is 66.7 cm³/mol. The van der Waals surface area contributed by atoms with Gasteiger partial charge >= 0.3 is 6.18 Å². The maximum absolute atomic E-state index is 12.5. The van der Waals surface area contributed by atoms with E-state index in [-0.39, 0.29) is 17.3 Å². The van der Waals surface area contributed by atoms with Crippen LogP contribution in [-0.4, -0.2) is 12.1 Å². The van der Waals surface area contributed by atoms with Crippen LogP contribution in [0.5, 0.6) is 17.4 Å². The van der Waals surface area contributed by atoms with Crippen LogP contribution in [0.2, 0.25) is 0 Å². The maximum atomic E-state index is 12.5. The SMILES string of the molecule is COc1ccc(N)c(Oc2cccc(C(F)(F)F)n2)c1. The highest BCUT2D eigenvalue weighted by molar-refractivity contribution is 5.56. The number of rotatable bonds is 3. The summed E-state index contributed by atoms with van der Waals surface area (Å²) in [7, 11) is 1.46. The van der Waals surface area contributed by atoms with Crippen molar-refractivity contribution in [2.45, 2.75) is 6.18 Å². The van der Waals surface area contributed by atoms with Crippen molar-refractivity contribution < 1.29 is 22.6 Å². The van der Waals surface area contributed by atoms with Crippen LogP contribution < -0.4 is 15.2 Å². The van der Waals surface area contributed by atoms with Gasteiger partial charge in [-0.2, -0.15) is 13.2 Å². The molecule has 2 rings (SSSR count). The Kier molecular flexibility index (Phi) is 3.69. The fraction of sp³-hybridized carbons (Fsp3) is 0.154. The third kappa shape index (κ3) is 3.11. The summed E-state index contributed by atoms with van der Waals surface area (Å²) >= 11 is 0. The molecule has 7 heteroatoms. The van der Waals surface area contributed by atoms with E-state index in [1.165, 1.54) is 31.4 Å². The van der Waals surface area contributed by atoms with Gasteiger partial charge in [0.15, 0.2) is 5.75 Å². The first-order chi connectivity index (χ1) is 9.40. The monoisotopic (exact) mass is 284 g/mol. The number of nitrogen functional groups attached to an aromatic ring is 1. The lowest BCUT2D eigenvalue weighted by Gasteiger charge is -2.11. The summed E-state index contributed by atoms with van der Waals surface area (Å²) in [6.45, 7) is 0. The molecule has 0 fully saturated rings. The molecule has 2 N–H and O–H groups in total. The summed E-state index contributed by atoms with van der Waals surface area (Å²) in [6, 6.07) is 8.00. The first-order valence-electron chi connectivity index (χ1n) is 5.56. The van der Waals surface area contributed by atoms with Crippen molar-refractivity contribution in [3.63, 3.8) is 0 Å². The average molecular weight is 284 g/mol. The van der Waals surface area contributed by atoms with Gasteiger partial charge in [-0.05, 0) is 18.2 Å². The molecule has 20 heavy (non-hydrogen) atoms. The number of halogens is 3. The third-order valence-electron chi connectivity index (χ3n) is 2.45. The molecule has 0 aliphatic rings. The molecule has 1 aromatic heterocycles. The van der Waals surface area contributed by atoms with E-state index in [1.54, 1.807) is 6.07 Å². The molecule has 0 unspecified atom stereocenters. The molecule has 106 valence electrons. The van der Waals surface area contributed by atoms with Crippen LogP contribution in [0.15, 0.2) is 36.4 Å². The number of hydrogen-bond acceptors (Lipinski definition) is 4. The average Bonchev–Trinajstić information content (AvgIpc) is 2.41. The largest absolute Gasteiger partial charge is 0.497 e. The molecule has 0 radical (unpaired) electrons. The summed E-state index contributed by atoms with van der Waals surface area (Å²) in [6.07, 6.45) is -4.53. The Morgan fingerprint density at radius 2 is 1.90 bits per heavy atom. The van der Waals surface area contributed by atoms with E-state index in [2.05, 4.69) is 4.98 Å². The van der Waals surface area contributed by atoms with Crippen LogP contribution in [0.1, 0.15) is 5.69 Å². The van der Waals surface area contributed by atoms with Gasteiger partial charge in [0.25, 0.3) is 0 Å². The van der Waals surface area contributed by atoms with Gasteiger partial charge in [-0.15, -0.1) is 0 Å². The number of hydrogen-bond donors (Lipinski definition) is 1. The van der Waals surface area contributed by atoms with Crippen molar-refractivity contribution in [3.8, 4) is 17.4 Å². The fourth-order valence-electron chi connectivity index (χ4n) is 1.47. The van der Waals surface area contributed by atoms with Crippen LogP contribution in [0.4, 0.5) is 18.9 Å². The van der Waals surface area contributed by atoms with Crippen molar-refractivity contribution >= 4 is 5.69 Å². The van der Waals surface area contributed by atoms with Gasteiger partial charge in [-0.1, -0.05) is 6.07 Å². The number of ether oxygens (including phenoxy) is 2. The zero-order chi connectivity index (χ0) is 14.8. The van der Waals surface area contributed by atoms with Gasteiger partial charge in [0.05, 0.1) is 12.8 Å². The van der Waals surface area contributed by atoms with Crippen LogP contribution in [0, 0.1) is 0 Å². The Balaban J connectivity index is 2.30. The molecule has 0 bridgehead atoms. The van der Waals surface area contributed by atoms with E-state index >= 15 is 0 Å². The lowest BCUT2D eigenvalue weighted by Crippen LogP contribution is -2.08. The van der Waals surface area contributed by atoms with Gasteiger partial charge in [0.2, 0.25) is 5.88 Å². The molecule has 0 amide bonds. The molecule has 1 aromatic carbocycles. The summed E-state index contributed by atoms with van der Waals surface area (Å²) in [4.78, 5) is 3.39. The molecule has 0 aliphatic heterocycles. The molecule has 0 spiro atoms. The summed E-state index contributed by atoms with van der Waals surface area (Å²) in [5.41, 5.74) is 4.92. The number of anilines is 1. The Morgan fingerprint density at radius 3 is 2.55 bits per heavy atom. The molecular weight excluding hydrogens is 273 g/mol. The predicted octanol–water partition coefficient (Wildman–Crippen LogP) is 3.48. The highest BCUT2D eigenvalue weighted by Gasteiger charge is 2.32. The molecule has 2 aromatic rings. The summed E-state index contributed by atoms with van der Waals surface area (Å²) in [5, 5.41) is 0. The first-order valence-corrected chi connectivity index (χ1v) is 5.56. The molecule has 1 heterocycles. The summed E-state index contributed by atoms with van der Waals surface area (Å²) in [5.74, 6) is 0.456. The van der Waals surface area contributed by atoms with Crippen molar-refractivity contribution in [2.24, 2.45) is 0 Å². The highest BCUT2D eigenvalue weighted by atomic mass is 19.4.